The van der Waals surface area contributed by atoms with E-state index in [1.54, 1.807) is 13.1 Å². The van der Waals surface area contributed by atoms with Crippen LogP contribution in [-0.4, -0.2) is 43.0 Å². The molecule has 1 saturated heterocycles. The Morgan fingerprint density at radius 2 is 2.00 bits per heavy atom. The summed E-state index contributed by atoms with van der Waals surface area (Å²) in [5, 5.41) is 5.99. The minimum atomic E-state index is -0.188. The first kappa shape index (κ1) is 20.2. The molecule has 6 nitrogen and oxygen atoms in total. The number of rotatable bonds is 9. The summed E-state index contributed by atoms with van der Waals surface area (Å²) < 4.78 is 5.13. The van der Waals surface area contributed by atoms with E-state index in [0.29, 0.717) is 23.7 Å². The van der Waals surface area contributed by atoms with Crippen LogP contribution in [0.2, 0.25) is 0 Å². The Hall–Kier alpha value is -2.57. The third-order valence-electron chi connectivity index (χ3n) is 4.84. The van der Waals surface area contributed by atoms with Gasteiger partial charge in [0.05, 0.1) is 25.4 Å². The highest BCUT2D eigenvalue weighted by Gasteiger charge is 2.19. The van der Waals surface area contributed by atoms with Crippen molar-refractivity contribution in [3.8, 4) is 11.1 Å². The number of aryl methyl sites for hydroxylation is 1. The van der Waals surface area contributed by atoms with Gasteiger partial charge in [-0.05, 0) is 23.6 Å². The minimum Gasteiger partial charge on any atom is -0.381 e. The van der Waals surface area contributed by atoms with Crippen LogP contribution in [0.4, 0.5) is 5.69 Å². The van der Waals surface area contributed by atoms with Crippen molar-refractivity contribution >= 4 is 17.4 Å². The van der Waals surface area contributed by atoms with E-state index in [-0.39, 0.29) is 18.2 Å². The quantitative estimate of drug-likeness (QED) is 0.653. The molecule has 1 aliphatic rings. The highest BCUT2D eigenvalue weighted by Crippen LogP contribution is 2.26. The van der Waals surface area contributed by atoms with Crippen molar-refractivity contribution in [1.82, 2.24) is 10.3 Å². The molecule has 0 radical (unpaired) electrons. The van der Waals surface area contributed by atoms with E-state index in [2.05, 4.69) is 34.7 Å². The third kappa shape index (κ3) is 5.03. The second-order valence-electron chi connectivity index (χ2n) is 7.03. The van der Waals surface area contributed by atoms with Crippen LogP contribution >= 0.6 is 0 Å². The first-order valence-corrected chi connectivity index (χ1v) is 9.81. The lowest BCUT2D eigenvalue weighted by Gasteiger charge is -2.25. The van der Waals surface area contributed by atoms with Crippen LogP contribution in [0.3, 0.4) is 0 Å². The van der Waals surface area contributed by atoms with Gasteiger partial charge in [-0.25, -0.2) is 0 Å². The van der Waals surface area contributed by atoms with Gasteiger partial charge in [-0.3, -0.25) is 14.6 Å². The number of amides is 1. The van der Waals surface area contributed by atoms with Crippen molar-refractivity contribution in [2.75, 3.05) is 31.6 Å². The molecule has 2 heterocycles. The SMILES string of the molecule is CCC(=O)c1ncc(-c2cccc(CC)c2)cc1NC(=O)CNCC1COC1. The number of anilines is 1. The van der Waals surface area contributed by atoms with Crippen molar-refractivity contribution in [2.45, 2.75) is 26.7 Å². The molecule has 0 spiro atoms. The Morgan fingerprint density at radius 1 is 1.18 bits per heavy atom. The first-order valence-electron chi connectivity index (χ1n) is 9.81. The minimum absolute atomic E-state index is 0.0938. The number of aromatic nitrogens is 1. The second kappa shape index (κ2) is 9.57. The molecule has 0 aliphatic carbocycles. The number of carbonyl (C=O) groups is 2. The van der Waals surface area contributed by atoms with Crippen molar-refractivity contribution in [1.29, 1.82) is 0 Å². The van der Waals surface area contributed by atoms with Gasteiger partial charge >= 0.3 is 0 Å². The molecule has 148 valence electrons. The Kier molecular flexibility index (Phi) is 6.90. The summed E-state index contributed by atoms with van der Waals surface area (Å²) in [6, 6.07) is 10.0. The topological polar surface area (TPSA) is 80.3 Å². The van der Waals surface area contributed by atoms with Crippen molar-refractivity contribution in [2.24, 2.45) is 5.92 Å². The summed E-state index contributed by atoms with van der Waals surface area (Å²) in [4.78, 5) is 29.0. The Bertz CT molecular complexity index is 847. The molecule has 0 bridgehead atoms. The fraction of sp³-hybridized carbons (Fsp3) is 0.409. The van der Waals surface area contributed by atoms with E-state index in [1.165, 1.54) is 5.56 Å². The molecule has 28 heavy (non-hydrogen) atoms. The molecule has 1 aromatic carbocycles. The van der Waals surface area contributed by atoms with Crippen molar-refractivity contribution in [3.05, 3.63) is 47.8 Å². The zero-order valence-corrected chi connectivity index (χ0v) is 16.5. The smallest absolute Gasteiger partial charge is 0.238 e. The average Bonchev–Trinajstić information content (AvgIpc) is 2.69. The lowest BCUT2D eigenvalue weighted by Crippen LogP contribution is -2.39. The molecular formula is C22H27N3O3. The highest BCUT2D eigenvalue weighted by atomic mass is 16.5. The van der Waals surface area contributed by atoms with Crippen LogP contribution in [0.1, 0.15) is 36.3 Å². The summed E-state index contributed by atoms with van der Waals surface area (Å²) in [5.74, 6) is 0.191. The van der Waals surface area contributed by atoms with Gasteiger partial charge in [-0.2, -0.15) is 0 Å². The number of benzene rings is 1. The van der Waals surface area contributed by atoms with Gasteiger partial charge in [0.25, 0.3) is 0 Å². The van der Waals surface area contributed by atoms with Crippen LogP contribution in [0, 0.1) is 5.92 Å². The lowest BCUT2D eigenvalue weighted by molar-refractivity contribution is -0.115. The maximum Gasteiger partial charge on any atom is 0.238 e. The van der Waals surface area contributed by atoms with Crippen LogP contribution in [0.25, 0.3) is 11.1 Å². The first-order chi connectivity index (χ1) is 13.6. The maximum atomic E-state index is 12.4. The monoisotopic (exact) mass is 381 g/mol. The number of hydrogen-bond donors (Lipinski definition) is 2. The Morgan fingerprint density at radius 3 is 2.68 bits per heavy atom. The van der Waals surface area contributed by atoms with Crippen LogP contribution in [0.15, 0.2) is 36.5 Å². The van der Waals surface area contributed by atoms with E-state index in [0.717, 1.165) is 37.3 Å². The molecule has 1 aromatic heterocycles. The zero-order valence-electron chi connectivity index (χ0n) is 16.5. The highest BCUT2D eigenvalue weighted by molar-refractivity contribution is 6.04. The van der Waals surface area contributed by atoms with Gasteiger partial charge < -0.3 is 15.4 Å². The van der Waals surface area contributed by atoms with Crippen molar-refractivity contribution < 1.29 is 14.3 Å². The normalized spacial score (nSPS) is 13.8. The number of nitrogens with zero attached hydrogens (tertiary/aromatic N) is 1. The van der Waals surface area contributed by atoms with E-state index in [4.69, 9.17) is 4.74 Å². The maximum absolute atomic E-state index is 12.4. The molecule has 6 heteroatoms. The van der Waals surface area contributed by atoms with Gasteiger partial charge in [0.15, 0.2) is 5.78 Å². The molecule has 0 saturated carbocycles. The molecule has 1 amide bonds. The van der Waals surface area contributed by atoms with Gasteiger partial charge in [-0.1, -0.05) is 38.1 Å². The second-order valence-corrected chi connectivity index (χ2v) is 7.03. The molecule has 0 atom stereocenters. The molecule has 1 aliphatic heterocycles. The molecule has 1 fully saturated rings. The number of ether oxygens (including phenoxy) is 1. The summed E-state index contributed by atoms with van der Waals surface area (Å²) in [5.41, 5.74) is 3.88. The van der Waals surface area contributed by atoms with Gasteiger partial charge in [0.1, 0.15) is 5.69 Å². The van der Waals surface area contributed by atoms with Gasteiger partial charge in [0, 0.05) is 30.6 Å². The Labute approximate surface area is 165 Å². The fourth-order valence-corrected chi connectivity index (χ4v) is 3.06. The summed E-state index contributed by atoms with van der Waals surface area (Å²) in [6.45, 7) is 6.31. The zero-order chi connectivity index (χ0) is 19.9. The predicted octanol–water partition coefficient (Wildman–Crippen LogP) is 3.08. The summed E-state index contributed by atoms with van der Waals surface area (Å²) in [6.07, 6.45) is 2.97. The van der Waals surface area contributed by atoms with Gasteiger partial charge in [0.2, 0.25) is 5.91 Å². The van der Waals surface area contributed by atoms with Gasteiger partial charge in [-0.15, -0.1) is 0 Å². The average molecular weight is 381 g/mol. The number of Topliss-reactive ketones (excluding diaryl/α,β-unsaturated/α-hetero) is 1. The fourth-order valence-electron chi connectivity index (χ4n) is 3.06. The largest absolute Gasteiger partial charge is 0.381 e. The van der Waals surface area contributed by atoms with E-state index >= 15 is 0 Å². The van der Waals surface area contributed by atoms with E-state index < -0.39 is 0 Å². The number of nitrogens with one attached hydrogen (secondary N) is 2. The number of pyridine rings is 1. The summed E-state index contributed by atoms with van der Waals surface area (Å²) in [7, 11) is 0. The third-order valence-corrected chi connectivity index (χ3v) is 4.84. The standard InChI is InChI=1S/C22H27N3O3/c1-3-15-6-5-7-17(8-15)18-9-19(22(24-11-18)20(26)4-2)25-21(27)12-23-10-16-13-28-14-16/h5-9,11,16,23H,3-4,10,12-14H2,1-2H3,(H,25,27). The summed E-state index contributed by atoms with van der Waals surface area (Å²) >= 11 is 0. The Balaban J connectivity index is 1.77. The molecule has 2 N–H and O–H groups in total. The van der Waals surface area contributed by atoms with Crippen molar-refractivity contribution in [3.63, 3.8) is 0 Å². The number of hydrogen-bond acceptors (Lipinski definition) is 5. The lowest BCUT2D eigenvalue weighted by atomic mass is 10.0. The van der Waals surface area contributed by atoms with Crippen LogP contribution < -0.4 is 10.6 Å². The number of ketones is 1. The molecule has 2 aromatic rings. The van der Waals surface area contributed by atoms with E-state index in [1.807, 2.05) is 18.2 Å². The molecular weight excluding hydrogens is 354 g/mol. The van der Waals surface area contributed by atoms with Crippen LogP contribution in [0.5, 0.6) is 0 Å². The van der Waals surface area contributed by atoms with E-state index in [9.17, 15) is 9.59 Å². The predicted molar refractivity (Wildman–Crippen MR) is 109 cm³/mol. The molecule has 3 rings (SSSR count). The number of carbonyl (C=O) groups excluding carboxylic acids is 2. The molecule has 0 unspecified atom stereocenters. The van der Waals surface area contributed by atoms with Crippen LogP contribution in [-0.2, 0) is 16.0 Å².